The lowest BCUT2D eigenvalue weighted by Crippen LogP contribution is -2.56. The predicted octanol–water partition coefficient (Wildman–Crippen LogP) is 0.782. The van der Waals surface area contributed by atoms with Crippen molar-refractivity contribution in [3.8, 4) is 0 Å². The Morgan fingerprint density at radius 2 is 1.79 bits per heavy atom. The summed E-state index contributed by atoms with van der Waals surface area (Å²) in [6.45, 7) is 9.53. The highest BCUT2D eigenvalue weighted by atomic mass is 16.3. The van der Waals surface area contributed by atoms with E-state index in [1.165, 1.54) is 0 Å². The molecule has 1 heterocycles. The molecular formula is C11H24N2O. The first-order valence-corrected chi connectivity index (χ1v) is 5.67. The maximum atomic E-state index is 9.59. The van der Waals surface area contributed by atoms with E-state index < -0.39 is 0 Å². The van der Waals surface area contributed by atoms with Gasteiger partial charge in [0.2, 0.25) is 0 Å². The summed E-state index contributed by atoms with van der Waals surface area (Å²) in [6.07, 6.45) is 0.701. The maximum absolute atomic E-state index is 9.59. The first-order chi connectivity index (χ1) is 6.54. The van der Waals surface area contributed by atoms with Crippen LogP contribution in [0.5, 0.6) is 0 Å². The first kappa shape index (κ1) is 12.0. The number of aliphatic hydroxyl groups is 1. The van der Waals surface area contributed by atoms with Crippen LogP contribution in [0.3, 0.4) is 0 Å². The number of aliphatic hydroxyl groups excluding tert-OH is 1. The summed E-state index contributed by atoms with van der Waals surface area (Å²) in [5.41, 5.74) is 0. The third-order valence-electron chi connectivity index (χ3n) is 3.38. The van der Waals surface area contributed by atoms with Gasteiger partial charge in [0.1, 0.15) is 0 Å². The standard InChI is InChI=1S/C11H24N2O/c1-5-11(14)8-13-6-9(2)12(4)10(3)7-13/h9-11,14H,5-8H2,1-4H3. The molecule has 84 valence electrons. The van der Waals surface area contributed by atoms with Gasteiger partial charge in [0.25, 0.3) is 0 Å². The smallest absolute Gasteiger partial charge is 0.0664 e. The Morgan fingerprint density at radius 3 is 2.21 bits per heavy atom. The Hall–Kier alpha value is -0.120. The zero-order valence-electron chi connectivity index (χ0n) is 9.90. The van der Waals surface area contributed by atoms with Crippen molar-refractivity contribution >= 4 is 0 Å². The van der Waals surface area contributed by atoms with Crippen LogP contribution in [0.1, 0.15) is 27.2 Å². The predicted molar refractivity (Wildman–Crippen MR) is 59.4 cm³/mol. The molecule has 3 unspecified atom stereocenters. The molecule has 0 aromatic rings. The van der Waals surface area contributed by atoms with Crippen LogP contribution in [0, 0.1) is 0 Å². The second-order valence-corrected chi connectivity index (χ2v) is 4.64. The fourth-order valence-corrected chi connectivity index (χ4v) is 2.09. The molecule has 0 amide bonds. The normalized spacial score (nSPS) is 33.2. The van der Waals surface area contributed by atoms with E-state index in [2.05, 4.69) is 30.7 Å². The Morgan fingerprint density at radius 1 is 1.29 bits per heavy atom. The second-order valence-electron chi connectivity index (χ2n) is 4.64. The van der Waals surface area contributed by atoms with E-state index in [-0.39, 0.29) is 6.10 Å². The lowest BCUT2D eigenvalue weighted by atomic mass is 10.1. The summed E-state index contributed by atoms with van der Waals surface area (Å²) in [4.78, 5) is 4.79. The SMILES string of the molecule is CCC(O)CN1CC(C)N(C)C(C)C1. The van der Waals surface area contributed by atoms with Crippen molar-refractivity contribution in [3.63, 3.8) is 0 Å². The third-order valence-corrected chi connectivity index (χ3v) is 3.38. The molecule has 1 saturated heterocycles. The van der Waals surface area contributed by atoms with Crippen LogP contribution in [0.2, 0.25) is 0 Å². The summed E-state index contributed by atoms with van der Waals surface area (Å²) in [6, 6.07) is 1.20. The van der Waals surface area contributed by atoms with Crippen LogP contribution in [-0.2, 0) is 0 Å². The second kappa shape index (κ2) is 5.10. The van der Waals surface area contributed by atoms with Gasteiger partial charge in [0.05, 0.1) is 6.10 Å². The van der Waals surface area contributed by atoms with Gasteiger partial charge in [-0.2, -0.15) is 0 Å². The summed E-state index contributed by atoms with van der Waals surface area (Å²) in [5.74, 6) is 0. The monoisotopic (exact) mass is 200 g/mol. The molecular weight excluding hydrogens is 176 g/mol. The van der Waals surface area contributed by atoms with E-state index in [9.17, 15) is 5.11 Å². The molecule has 0 radical (unpaired) electrons. The van der Waals surface area contributed by atoms with Gasteiger partial charge in [-0.15, -0.1) is 0 Å². The molecule has 1 rings (SSSR count). The average molecular weight is 200 g/mol. The van der Waals surface area contributed by atoms with Crippen molar-refractivity contribution in [2.45, 2.75) is 45.4 Å². The van der Waals surface area contributed by atoms with Gasteiger partial charge in [-0.3, -0.25) is 9.80 Å². The van der Waals surface area contributed by atoms with Gasteiger partial charge in [-0.1, -0.05) is 6.92 Å². The van der Waals surface area contributed by atoms with Crippen LogP contribution in [0.15, 0.2) is 0 Å². The van der Waals surface area contributed by atoms with Gasteiger partial charge in [0.15, 0.2) is 0 Å². The van der Waals surface area contributed by atoms with E-state index in [0.717, 1.165) is 26.1 Å². The third kappa shape index (κ3) is 2.94. The van der Waals surface area contributed by atoms with Crippen LogP contribution in [0.4, 0.5) is 0 Å². The molecule has 3 atom stereocenters. The highest BCUT2D eigenvalue weighted by molar-refractivity contribution is 4.83. The van der Waals surface area contributed by atoms with Crippen molar-refractivity contribution in [3.05, 3.63) is 0 Å². The minimum atomic E-state index is -0.155. The Balaban J connectivity index is 2.41. The quantitative estimate of drug-likeness (QED) is 0.729. The van der Waals surface area contributed by atoms with Crippen LogP contribution >= 0.6 is 0 Å². The zero-order chi connectivity index (χ0) is 10.7. The number of hydrogen-bond donors (Lipinski definition) is 1. The summed E-state index contributed by atoms with van der Waals surface area (Å²) in [5, 5.41) is 9.59. The molecule has 0 spiro atoms. The van der Waals surface area contributed by atoms with E-state index >= 15 is 0 Å². The number of β-amino-alcohol motifs (C(OH)–C–C–N with tert-alkyl or cyclic N) is 1. The van der Waals surface area contributed by atoms with Crippen molar-refractivity contribution in [1.82, 2.24) is 9.80 Å². The Labute approximate surface area is 87.7 Å². The molecule has 0 aromatic carbocycles. The van der Waals surface area contributed by atoms with Gasteiger partial charge >= 0.3 is 0 Å². The van der Waals surface area contributed by atoms with E-state index in [4.69, 9.17) is 0 Å². The fourth-order valence-electron chi connectivity index (χ4n) is 2.09. The Kier molecular flexibility index (Phi) is 4.35. The van der Waals surface area contributed by atoms with Gasteiger partial charge in [-0.25, -0.2) is 0 Å². The minimum absolute atomic E-state index is 0.155. The van der Waals surface area contributed by atoms with Crippen LogP contribution in [-0.4, -0.2) is 59.8 Å². The molecule has 0 aliphatic carbocycles. The largest absolute Gasteiger partial charge is 0.392 e. The number of likely N-dealkylation sites (N-methyl/N-ethyl adjacent to an activating group) is 1. The molecule has 3 nitrogen and oxygen atoms in total. The molecule has 14 heavy (non-hydrogen) atoms. The van der Waals surface area contributed by atoms with Crippen molar-refractivity contribution < 1.29 is 5.11 Å². The molecule has 3 heteroatoms. The first-order valence-electron chi connectivity index (χ1n) is 5.67. The van der Waals surface area contributed by atoms with Crippen molar-refractivity contribution in [1.29, 1.82) is 0 Å². The molecule has 0 saturated carbocycles. The topological polar surface area (TPSA) is 26.7 Å². The molecule has 1 fully saturated rings. The van der Waals surface area contributed by atoms with E-state index in [0.29, 0.717) is 12.1 Å². The lowest BCUT2D eigenvalue weighted by Gasteiger charge is -2.43. The van der Waals surface area contributed by atoms with Crippen LogP contribution < -0.4 is 0 Å². The lowest BCUT2D eigenvalue weighted by molar-refractivity contribution is 0.0278. The highest BCUT2D eigenvalue weighted by Gasteiger charge is 2.26. The van der Waals surface area contributed by atoms with Crippen molar-refractivity contribution in [2.75, 3.05) is 26.7 Å². The minimum Gasteiger partial charge on any atom is -0.392 e. The molecule has 1 aliphatic rings. The van der Waals surface area contributed by atoms with E-state index in [1.807, 2.05) is 6.92 Å². The average Bonchev–Trinajstić information content (AvgIpc) is 2.14. The maximum Gasteiger partial charge on any atom is 0.0664 e. The summed E-state index contributed by atoms with van der Waals surface area (Å²) >= 11 is 0. The zero-order valence-corrected chi connectivity index (χ0v) is 9.90. The van der Waals surface area contributed by atoms with Crippen LogP contribution in [0.25, 0.3) is 0 Å². The van der Waals surface area contributed by atoms with Gasteiger partial charge in [-0.05, 0) is 27.3 Å². The number of rotatable bonds is 3. The van der Waals surface area contributed by atoms with Gasteiger partial charge < -0.3 is 5.11 Å². The number of nitrogens with zero attached hydrogens (tertiary/aromatic N) is 2. The number of piperazine rings is 1. The number of hydrogen-bond acceptors (Lipinski definition) is 3. The Bertz CT molecular complexity index is 160. The molecule has 1 aliphatic heterocycles. The van der Waals surface area contributed by atoms with Gasteiger partial charge in [0, 0.05) is 31.7 Å². The summed E-state index contributed by atoms with van der Waals surface area (Å²) in [7, 11) is 2.18. The molecule has 0 bridgehead atoms. The summed E-state index contributed by atoms with van der Waals surface area (Å²) < 4.78 is 0. The van der Waals surface area contributed by atoms with E-state index in [1.54, 1.807) is 0 Å². The molecule has 0 aromatic heterocycles. The molecule has 1 N–H and O–H groups in total. The highest BCUT2D eigenvalue weighted by Crippen LogP contribution is 2.13. The van der Waals surface area contributed by atoms with Crippen molar-refractivity contribution in [2.24, 2.45) is 0 Å². The fraction of sp³-hybridized carbons (Fsp3) is 1.00.